The number of carboxylic acid groups (broad SMARTS) is 1. The summed E-state index contributed by atoms with van der Waals surface area (Å²) in [5, 5.41) is 9.86. The van der Waals surface area contributed by atoms with Gasteiger partial charge < -0.3 is 0 Å². The van der Waals surface area contributed by atoms with E-state index in [2.05, 4.69) is 30.3 Å². The van der Waals surface area contributed by atoms with E-state index >= 15 is 0 Å². The Morgan fingerprint density at radius 3 is 2.94 bits per heavy atom. The van der Waals surface area contributed by atoms with Gasteiger partial charge in [0.15, 0.2) is 0 Å². The number of rotatable bonds is 5. The number of fused-ring (bicyclic) bond motifs is 1. The van der Waals surface area contributed by atoms with E-state index in [1.165, 1.54) is 25.8 Å². The fraction of sp³-hybridized carbons (Fsp3) is 0.250. The molecule has 1 N–H and O–H groups in total. The number of carbonyl (C=O) groups is 1. The third kappa shape index (κ3) is 3.14. The minimum absolute atomic E-state index is 0.216. The second-order valence-electron chi connectivity index (χ2n) is 3.45. The third-order valence-corrected chi connectivity index (χ3v) is 5.61. The van der Waals surface area contributed by atoms with Crippen LogP contribution in [0, 0.1) is 0 Å². The molecule has 84 valence electrons. The van der Waals surface area contributed by atoms with Gasteiger partial charge in [-0.15, -0.1) is 0 Å². The molecule has 0 aliphatic heterocycles. The van der Waals surface area contributed by atoms with Crippen molar-refractivity contribution >= 4 is 41.9 Å². The van der Waals surface area contributed by atoms with Crippen LogP contribution in [0.25, 0.3) is 9.65 Å². The second kappa shape index (κ2) is 5.58. The number of thioether (sulfide) groups is 1. The first kappa shape index (κ1) is 11.8. The summed E-state index contributed by atoms with van der Waals surface area (Å²) in [5.41, 5.74) is 0. The Morgan fingerprint density at radius 1 is 1.38 bits per heavy atom. The molecule has 0 saturated heterocycles. The maximum atomic E-state index is 10.3. The van der Waals surface area contributed by atoms with Crippen LogP contribution in [-0.2, 0) is 11.2 Å². The van der Waals surface area contributed by atoms with Crippen molar-refractivity contribution in [3.8, 4) is 0 Å². The summed E-state index contributed by atoms with van der Waals surface area (Å²) in [6.45, 7) is 0. The quantitative estimate of drug-likeness (QED) is 0.680. The van der Waals surface area contributed by atoms with Gasteiger partial charge in [-0.3, -0.25) is 0 Å². The molecule has 1 aromatic heterocycles. The Labute approximate surface area is 104 Å². The van der Waals surface area contributed by atoms with Gasteiger partial charge in [0.2, 0.25) is 0 Å². The van der Waals surface area contributed by atoms with Crippen LogP contribution in [0.5, 0.6) is 0 Å². The van der Waals surface area contributed by atoms with Gasteiger partial charge in [-0.05, 0) is 0 Å². The van der Waals surface area contributed by atoms with E-state index in [1.807, 2.05) is 0 Å². The molecule has 2 nitrogen and oxygen atoms in total. The number of benzene rings is 1. The predicted molar refractivity (Wildman–Crippen MR) is 69.6 cm³/mol. The molecular weight excluding hydrogens is 287 g/mol. The summed E-state index contributed by atoms with van der Waals surface area (Å²) in [6, 6.07) is 10.7. The molecule has 0 atom stereocenters. The zero-order valence-electron chi connectivity index (χ0n) is 8.68. The summed E-state index contributed by atoms with van der Waals surface area (Å²) in [4.78, 5) is 10.3. The molecular formula is C12H12O2SSe. The van der Waals surface area contributed by atoms with Crippen LogP contribution in [0.3, 0.4) is 0 Å². The molecule has 16 heavy (non-hydrogen) atoms. The Hall–Kier alpha value is -0.701. The number of aliphatic carboxylic acids is 1. The zero-order chi connectivity index (χ0) is 11.4. The normalized spacial score (nSPS) is 10.8. The van der Waals surface area contributed by atoms with E-state index in [4.69, 9.17) is 5.11 Å². The van der Waals surface area contributed by atoms with Crippen LogP contribution >= 0.6 is 11.8 Å². The van der Waals surface area contributed by atoms with Crippen molar-refractivity contribution in [1.29, 1.82) is 0 Å². The van der Waals surface area contributed by atoms with Gasteiger partial charge in [-0.25, -0.2) is 0 Å². The Morgan fingerprint density at radius 2 is 2.19 bits per heavy atom. The first-order valence-electron chi connectivity index (χ1n) is 5.03. The standard InChI is InChI=1S/C12H12O2SSe/c13-12(14)8-15-6-5-10-7-9-3-1-2-4-11(9)16-10/h1-4,7H,5-6,8H2,(H,13,14). The molecule has 0 unspecified atom stereocenters. The van der Waals surface area contributed by atoms with Crippen LogP contribution < -0.4 is 0 Å². The summed E-state index contributed by atoms with van der Waals surface area (Å²) in [7, 11) is 0. The van der Waals surface area contributed by atoms with E-state index in [1.54, 1.807) is 0 Å². The molecule has 0 amide bonds. The van der Waals surface area contributed by atoms with E-state index in [0.717, 1.165) is 12.2 Å². The maximum absolute atomic E-state index is 10.3. The average Bonchev–Trinajstić information content (AvgIpc) is 2.66. The molecule has 0 spiro atoms. The molecule has 0 saturated carbocycles. The fourth-order valence-corrected chi connectivity index (χ4v) is 4.70. The van der Waals surface area contributed by atoms with Crippen molar-refractivity contribution in [2.45, 2.75) is 6.42 Å². The van der Waals surface area contributed by atoms with Crippen molar-refractivity contribution in [2.75, 3.05) is 11.5 Å². The van der Waals surface area contributed by atoms with Crippen molar-refractivity contribution in [2.24, 2.45) is 0 Å². The molecule has 1 heterocycles. The SMILES string of the molecule is O=C(O)CSCCc1cc2ccccc2[se]1. The van der Waals surface area contributed by atoms with Gasteiger partial charge in [-0.2, -0.15) is 0 Å². The molecule has 2 rings (SSSR count). The summed E-state index contributed by atoms with van der Waals surface area (Å²) in [5.74, 6) is 0.403. The van der Waals surface area contributed by atoms with E-state index in [-0.39, 0.29) is 5.75 Å². The fourth-order valence-electron chi connectivity index (χ4n) is 1.49. The van der Waals surface area contributed by atoms with Gasteiger partial charge >= 0.3 is 104 Å². The molecule has 0 radical (unpaired) electrons. The molecule has 0 aliphatic carbocycles. The molecule has 1 aromatic carbocycles. The number of aryl methyl sites for hydroxylation is 1. The molecule has 0 bridgehead atoms. The van der Waals surface area contributed by atoms with Gasteiger partial charge in [0.25, 0.3) is 0 Å². The Bertz CT molecular complexity index is 459. The molecule has 2 aromatic rings. The number of hydrogen-bond acceptors (Lipinski definition) is 2. The first-order chi connectivity index (χ1) is 7.75. The number of hydrogen-bond donors (Lipinski definition) is 1. The van der Waals surface area contributed by atoms with Crippen molar-refractivity contribution in [3.05, 3.63) is 34.8 Å². The van der Waals surface area contributed by atoms with Crippen molar-refractivity contribution < 1.29 is 9.90 Å². The van der Waals surface area contributed by atoms with E-state index < -0.39 is 5.97 Å². The Kier molecular flexibility index (Phi) is 4.10. The summed E-state index contributed by atoms with van der Waals surface area (Å²) >= 11 is 1.96. The first-order valence-corrected chi connectivity index (χ1v) is 7.89. The topological polar surface area (TPSA) is 37.3 Å². The average molecular weight is 299 g/mol. The molecule has 4 heteroatoms. The Balaban J connectivity index is 1.92. The van der Waals surface area contributed by atoms with Gasteiger partial charge in [0.05, 0.1) is 0 Å². The molecule has 0 fully saturated rings. The molecule has 0 aliphatic rings. The van der Waals surface area contributed by atoms with E-state index in [9.17, 15) is 4.79 Å². The monoisotopic (exact) mass is 300 g/mol. The van der Waals surface area contributed by atoms with Crippen LogP contribution in [0.15, 0.2) is 30.3 Å². The summed E-state index contributed by atoms with van der Waals surface area (Å²) in [6.07, 6.45) is 1.02. The van der Waals surface area contributed by atoms with Gasteiger partial charge in [0, 0.05) is 0 Å². The van der Waals surface area contributed by atoms with Crippen LogP contribution in [0.4, 0.5) is 0 Å². The van der Waals surface area contributed by atoms with Gasteiger partial charge in [0.1, 0.15) is 0 Å². The van der Waals surface area contributed by atoms with Crippen molar-refractivity contribution in [1.82, 2.24) is 0 Å². The van der Waals surface area contributed by atoms with Crippen LogP contribution in [0.2, 0.25) is 0 Å². The van der Waals surface area contributed by atoms with Crippen LogP contribution in [-0.4, -0.2) is 37.1 Å². The van der Waals surface area contributed by atoms with Crippen LogP contribution in [0.1, 0.15) is 4.44 Å². The second-order valence-corrected chi connectivity index (χ2v) is 7.00. The zero-order valence-corrected chi connectivity index (χ0v) is 11.2. The third-order valence-electron chi connectivity index (χ3n) is 2.19. The minimum atomic E-state index is -0.723. The van der Waals surface area contributed by atoms with Gasteiger partial charge in [-0.1, -0.05) is 0 Å². The van der Waals surface area contributed by atoms with E-state index in [0.29, 0.717) is 14.5 Å². The summed E-state index contributed by atoms with van der Waals surface area (Å²) < 4.78 is 2.93. The predicted octanol–water partition coefficient (Wildman–Crippen LogP) is 2.26. The van der Waals surface area contributed by atoms with Crippen molar-refractivity contribution in [3.63, 3.8) is 0 Å². The number of carboxylic acids is 1.